The molecule has 0 aromatic heterocycles. The standard InChI is InChI=1S/C34H43N3O9/c35-16-2-18-36-17-1-3-25(26(38)10-4-22-5-11-27(39)30(42)19-22)37(33(45)14-8-23-6-12-28(40)31(43)20-23)34(46)15-9-24-7-13-29(41)32(44)21-24/h5-7,11-13,19-21,25,36,39-44H,1-4,8-10,14-18,35H2. The van der Waals surface area contributed by atoms with Crippen LogP contribution in [0.3, 0.4) is 0 Å². The minimum atomic E-state index is -1.08. The fourth-order valence-electron chi connectivity index (χ4n) is 5.04. The highest BCUT2D eigenvalue weighted by Gasteiger charge is 2.33. The number of benzene rings is 3. The van der Waals surface area contributed by atoms with Crippen molar-refractivity contribution in [3.8, 4) is 34.5 Å². The van der Waals surface area contributed by atoms with Gasteiger partial charge in [-0.3, -0.25) is 19.3 Å². The normalized spacial score (nSPS) is 11.7. The van der Waals surface area contributed by atoms with Crippen LogP contribution in [0.1, 0.15) is 55.2 Å². The number of carbonyl (C=O) groups is 3. The molecule has 1 unspecified atom stereocenters. The molecule has 9 N–H and O–H groups in total. The molecule has 1 atom stereocenters. The van der Waals surface area contributed by atoms with Crippen LogP contribution in [0.4, 0.5) is 0 Å². The summed E-state index contributed by atoms with van der Waals surface area (Å²) in [7, 11) is 0. The Morgan fingerprint density at radius 2 is 1.02 bits per heavy atom. The first-order chi connectivity index (χ1) is 22.0. The quantitative estimate of drug-likeness (QED) is 0.0749. The van der Waals surface area contributed by atoms with Crippen molar-refractivity contribution in [3.05, 3.63) is 71.3 Å². The van der Waals surface area contributed by atoms with Gasteiger partial charge >= 0.3 is 0 Å². The van der Waals surface area contributed by atoms with Crippen molar-refractivity contribution in [1.82, 2.24) is 10.2 Å². The summed E-state index contributed by atoms with van der Waals surface area (Å²) in [6, 6.07) is 11.5. The number of nitrogens with zero attached hydrogens (tertiary/aromatic N) is 1. The zero-order chi connectivity index (χ0) is 33.6. The third-order valence-electron chi connectivity index (χ3n) is 7.64. The third-order valence-corrected chi connectivity index (χ3v) is 7.64. The van der Waals surface area contributed by atoms with Crippen LogP contribution < -0.4 is 11.1 Å². The number of aryl methyl sites for hydroxylation is 3. The van der Waals surface area contributed by atoms with Crippen LogP contribution in [-0.4, -0.2) is 78.8 Å². The number of phenols is 6. The summed E-state index contributed by atoms with van der Waals surface area (Å²) in [5.74, 6) is -3.42. The number of rotatable bonds is 18. The lowest BCUT2D eigenvalue weighted by Crippen LogP contribution is -2.49. The fourth-order valence-corrected chi connectivity index (χ4v) is 5.04. The average Bonchev–Trinajstić information content (AvgIpc) is 3.03. The Morgan fingerprint density at radius 3 is 1.43 bits per heavy atom. The predicted octanol–water partition coefficient (Wildman–Crippen LogP) is 3.13. The molecule has 0 radical (unpaired) electrons. The van der Waals surface area contributed by atoms with Gasteiger partial charge in [0, 0.05) is 19.3 Å². The van der Waals surface area contributed by atoms with Crippen LogP contribution >= 0.6 is 0 Å². The summed E-state index contributed by atoms with van der Waals surface area (Å²) in [6.45, 7) is 1.74. The number of aromatic hydroxyl groups is 6. The number of nitrogens with one attached hydrogen (secondary N) is 1. The van der Waals surface area contributed by atoms with Crippen molar-refractivity contribution in [2.24, 2.45) is 5.73 Å². The van der Waals surface area contributed by atoms with Gasteiger partial charge in [-0.1, -0.05) is 18.2 Å². The number of amides is 2. The Bertz CT molecular complexity index is 1430. The smallest absolute Gasteiger partial charge is 0.230 e. The van der Waals surface area contributed by atoms with Crippen LogP contribution in [0.15, 0.2) is 54.6 Å². The van der Waals surface area contributed by atoms with Crippen molar-refractivity contribution in [2.45, 2.75) is 63.8 Å². The number of ketones is 1. The minimum Gasteiger partial charge on any atom is -0.504 e. The molecule has 12 nitrogen and oxygen atoms in total. The molecule has 2 amide bonds. The minimum absolute atomic E-state index is 0.0375. The molecule has 0 bridgehead atoms. The van der Waals surface area contributed by atoms with E-state index in [-0.39, 0.29) is 85.2 Å². The van der Waals surface area contributed by atoms with Crippen LogP contribution in [0, 0.1) is 0 Å². The lowest BCUT2D eigenvalue weighted by molar-refractivity contribution is -0.152. The zero-order valence-electron chi connectivity index (χ0n) is 25.7. The van der Waals surface area contributed by atoms with Crippen molar-refractivity contribution in [2.75, 3.05) is 19.6 Å². The molecule has 3 aromatic rings. The van der Waals surface area contributed by atoms with E-state index >= 15 is 0 Å². The maximum atomic E-state index is 13.8. The van der Waals surface area contributed by atoms with E-state index in [2.05, 4.69) is 5.32 Å². The second-order valence-electron chi connectivity index (χ2n) is 11.1. The van der Waals surface area contributed by atoms with E-state index in [9.17, 15) is 45.0 Å². The lowest BCUT2D eigenvalue weighted by Gasteiger charge is -2.30. The monoisotopic (exact) mass is 637 g/mol. The second kappa shape index (κ2) is 17.6. The molecule has 0 spiro atoms. The first-order valence-corrected chi connectivity index (χ1v) is 15.3. The topological polar surface area (TPSA) is 214 Å². The number of imide groups is 1. The van der Waals surface area contributed by atoms with Gasteiger partial charge in [-0.25, -0.2) is 0 Å². The summed E-state index contributed by atoms with van der Waals surface area (Å²) in [4.78, 5) is 42.4. The van der Waals surface area contributed by atoms with Crippen LogP contribution in [0.2, 0.25) is 0 Å². The number of hydrogen-bond acceptors (Lipinski definition) is 11. The van der Waals surface area contributed by atoms with Crippen LogP contribution in [0.25, 0.3) is 0 Å². The summed E-state index contributed by atoms with van der Waals surface area (Å²) in [5.41, 5.74) is 7.25. The Kier molecular flexibility index (Phi) is 13.7. The van der Waals surface area contributed by atoms with E-state index in [0.717, 1.165) is 11.3 Å². The van der Waals surface area contributed by atoms with Gasteiger partial charge in [0.15, 0.2) is 40.3 Å². The zero-order valence-corrected chi connectivity index (χ0v) is 25.7. The molecule has 248 valence electrons. The van der Waals surface area contributed by atoms with E-state index in [1.807, 2.05) is 0 Å². The highest BCUT2D eigenvalue weighted by molar-refractivity contribution is 6.01. The number of hydrogen-bond donors (Lipinski definition) is 8. The van der Waals surface area contributed by atoms with Crippen molar-refractivity contribution in [3.63, 3.8) is 0 Å². The van der Waals surface area contributed by atoms with Gasteiger partial charge < -0.3 is 41.7 Å². The van der Waals surface area contributed by atoms with E-state index in [1.165, 1.54) is 36.4 Å². The summed E-state index contributed by atoms with van der Waals surface area (Å²) >= 11 is 0. The van der Waals surface area contributed by atoms with Crippen molar-refractivity contribution >= 4 is 17.6 Å². The van der Waals surface area contributed by atoms with Crippen molar-refractivity contribution in [1.29, 1.82) is 0 Å². The van der Waals surface area contributed by atoms with Gasteiger partial charge in [-0.2, -0.15) is 0 Å². The Morgan fingerprint density at radius 1 is 0.609 bits per heavy atom. The van der Waals surface area contributed by atoms with Gasteiger partial charge in [-0.05, 0) is 111 Å². The molecule has 0 aliphatic rings. The Labute approximate surface area is 267 Å². The SMILES string of the molecule is NCCCNCCCC(C(=O)CCc1ccc(O)c(O)c1)N(C(=O)CCc1ccc(O)c(O)c1)C(=O)CCc1ccc(O)c(O)c1. The molecule has 0 aliphatic heterocycles. The lowest BCUT2D eigenvalue weighted by atomic mass is 9.96. The van der Waals surface area contributed by atoms with Gasteiger partial charge in [-0.15, -0.1) is 0 Å². The fraction of sp³-hybridized carbons (Fsp3) is 0.382. The van der Waals surface area contributed by atoms with E-state index in [4.69, 9.17) is 5.73 Å². The largest absolute Gasteiger partial charge is 0.504 e. The van der Waals surface area contributed by atoms with Crippen molar-refractivity contribution < 1.29 is 45.0 Å². The van der Waals surface area contributed by atoms with Crippen LogP contribution in [-0.2, 0) is 33.6 Å². The van der Waals surface area contributed by atoms with E-state index < -0.39 is 17.9 Å². The predicted molar refractivity (Wildman–Crippen MR) is 171 cm³/mol. The van der Waals surface area contributed by atoms with E-state index in [1.54, 1.807) is 18.2 Å². The third kappa shape index (κ3) is 10.7. The number of Topliss-reactive ketones (excluding diaryl/α,β-unsaturated/α-hetero) is 1. The molecule has 0 fully saturated rings. The average molecular weight is 638 g/mol. The Hall–Kier alpha value is -4.81. The van der Waals surface area contributed by atoms with Gasteiger partial charge in [0.1, 0.15) is 0 Å². The molecule has 12 heteroatoms. The Balaban J connectivity index is 1.85. The van der Waals surface area contributed by atoms with E-state index in [0.29, 0.717) is 42.7 Å². The van der Waals surface area contributed by atoms with Crippen LogP contribution in [0.5, 0.6) is 34.5 Å². The summed E-state index contributed by atoms with van der Waals surface area (Å²) in [6.07, 6.45) is 1.58. The maximum absolute atomic E-state index is 13.8. The first-order valence-electron chi connectivity index (χ1n) is 15.3. The molecule has 0 heterocycles. The number of phenolic OH excluding ortho intramolecular Hbond substituents is 6. The number of carbonyl (C=O) groups excluding carboxylic acids is 3. The van der Waals surface area contributed by atoms with Gasteiger partial charge in [0.05, 0.1) is 6.04 Å². The summed E-state index contributed by atoms with van der Waals surface area (Å²) in [5, 5.41) is 61.8. The molecular weight excluding hydrogens is 594 g/mol. The van der Waals surface area contributed by atoms with Gasteiger partial charge in [0.25, 0.3) is 0 Å². The van der Waals surface area contributed by atoms with Gasteiger partial charge in [0.2, 0.25) is 11.8 Å². The molecule has 0 aliphatic carbocycles. The molecule has 0 saturated heterocycles. The first kappa shape index (κ1) is 35.7. The maximum Gasteiger partial charge on any atom is 0.230 e. The molecular formula is C34H43N3O9. The second-order valence-corrected chi connectivity index (χ2v) is 11.1. The molecule has 46 heavy (non-hydrogen) atoms. The molecule has 3 aromatic carbocycles. The summed E-state index contributed by atoms with van der Waals surface area (Å²) < 4.78 is 0. The number of nitrogens with two attached hydrogens (primary N) is 1. The highest BCUT2D eigenvalue weighted by Crippen LogP contribution is 2.28. The molecule has 3 rings (SSSR count). The molecule has 0 saturated carbocycles. The highest BCUT2D eigenvalue weighted by atomic mass is 16.3.